The predicted octanol–water partition coefficient (Wildman–Crippen LogP) is 6.84. The van der Waals surface area contributed by atoms with Crippen molar-refractivity contribution in [3.05, 3.63) is 90.0 Å². The van der Waals surface area contributed by atoms with E-state index in [9.17, 15) is 9.59 Å². The van der Waals surface area contributed by atoms with Crippen molar-refractivity contribution in [1.29, 1.82) is 0 Å². The van der Waals surface area contributed by atoms with Crippen LogP contribution in [0.5, 0.6) is 0 Å². The van der Waals surface area contributed by atoms with Crippen LogP contribution in [-0.4, -0.2) is 11.8 Å². The minimum Gasteiger partial charge on any atom is -0.326 e. The van der Waals surface area contributed by atoms with E-state index in [0.29, 0.717) is 6.42 Å². The molecule has 3 rings (SSSR count). The number of carbonyl (C=O) groups excluding carboxylic acids is 2. The summed E-state index contributed by atoms with van der Waals surface area (Å²) >= 11 is 1.49. The van der Waals surface area contributed by atoms with E-state index >= 15 is 0 Å². The molecule has 0 fully saturated rings. The molecule has 0 saturated heterocycles. The highest BCUT2D eigenvalue weighted by Crippen LogP contribution is 2.37. The van der Waals surface area contributed by atoms with Crippen molar-refractivity contribution in [3.8, 4) is 0 Å². The van der Waals surface area contributed by atoms with Crippen molar-refractivity contribution < 1.29 is 9.59 Å². The molecule has 0 aliphatic rings. The summed E-state index contributed by atoms with van der Waals surface area (Å²) in [6.07, 6.45) is 0.457. The summed E-state index contributed by atoms with van der Waals surface area (Å²) in [6, 6.07) is 25.2. The van der Waals surface area contributed by atoms with Crippen LogP contribution in [0.4, 0.5) is 11.4 Å². The van der Waals surface area contributed by atoms with E-state index < -0.39 is 5.25 Å². The summed E-state index contributed by atoms with van der Waals surface area (Å²) in [6.45, 7) is 8.10. The van der Waals surface area contributed by atoms with Crippen LogP contribution >= 0.6 is 11.8 Å². The fourth-order valence-electron chi connectivity index (χ4n) is 3.25. The topological polar surface area (TPSA) is 58.2 Å². The lowest BCUT2D eigenvalue weighted by molar-refractivity contribution is -0.118. The summed E-state index contributed by atoms with van der Waals surface area (Å²) in [5.74, 6) is -0.0734. The Hall–Kier alpha value is -3.05. The molecule has 0 saturated carbocycles. The van der Waals surface area contributed by atoms with Crippen LogP contribution < -0.4 is 10.6 Å². The van der Waals surface area contributed by atoms with Gasteiger partial charge in [-0.1, -0.05) is 69.3 Å². The minimum atomic E-state index is -0.405. The number of thioether (sulfide) groups is 1. The highest BCUT2D eigenvalue weighted by molar-refractivity contribution is 8.00. The van der Waals surface area contributed by atoms with Crippen LogP contribution in [0.3, 0.4) is 0 Å². The van der Waals surface area contributed by atoms with Crippen LogP contribution in [0.1, 0.15) is 43.6 Å². The molecule has 0 aliphatic carbocycles. The maximum atomic E-state index is 13.2. The molecule has 2 N–H and O–H groups in total. The van der Waals surface area contributed by atoms with Crippen LogP contribution in [0.25, 0.3) is 0 Å². The monoisotopic (exact) mass is 446 g/mol. The zero-order chi connectivity index (χ0) is 23.1. The van der Waals surface area contributed by atoms with Crippen LogP contribution in [-0.2, 0) is 9.59 Å². The molecule has 5 heteroatoms. The molecular formula is C27H30N2O2S. The molecule has 3 aromatic carbocycles. The van der Waals surface area contributed by atoms with Crippen LogP contribution in [0, 0.1) is 12.3 Å². The Bertz CT molecular complexity index is 1060. The predicted molar refractivity (Wildman–Crippen MR) is 134 cm³/mol. The molecule has 32 heavy (non-hydrogen) atoms. The van der Waals surface area contributed by atoms with Gasteiger partial charge in [0, 0.05) is 22.7 Å². The van der Waals surface area contributed by atoms with Crippen LogP contribution in [0.2, 0.25) is 0 Å². The number of benzene rings is 3. The first-order valence-electron chi connectivity index (χ1n) is 10.7. The first-order valence-corrected chi connectivity index (χ1v) is 11.6. The number of aryl methyl sites for hydroxylation is 1. The first-order chi connectivity index (χ1) is 15.2. The third kappa shape index (κ3) is 6.99. The Labute approximate surface area is 194 Å². The largest absolute Gasteiger partial charge is 0.326 e. The van der Waals surface area contributed by atoms with Gasteiger partial charge in [-0.15, -0.1) is 11.8 Å². The lowest BCUT2D eigenvalue weighted by atomic mass is 9.92. The Kier molecular flexibility index (Phi) is 7.75. The molecule has 166 valence electrons. The van der Waals surface area contributed by atoms with E-state index in [4.69, 9.17) is 0 Å². The van der Waals surface area contributed by atoms with E-state index in [1.54, 1.807) is 0 Å². The SMILES string of the molecule is Cc1ccccc1NC(=O)C(Sc1ccc(NC(=O)CC(C)(C)C)cc1)c1ccccc1. The summed E-state index contributed by atoms with van der Waals surface area (Å²) in [5, 5.41) is 5.61. The molecule has 1 atom stereocenters. The molecule has 3 aromatic rings. The Morgan fingerprint density at radius 2 is 1.47 bits per heavy atom. The fourth-order valence-corrected chi connectivity index (χ4v) is 4.28. The zero-order valence-corrected chi connectivity index (χ0v) is 19.8. The molecule has 0 aromatic heterocycles. The fraction of sp³-hybridized carbons (Fsp3) is 0.259. The third-order valence-corrected chi connectivity index (χ3v) is 6.09. The standard InChI is InChI=1S/C27H30N2O2S/c1-19-10-8-9-13-23(19)29-26(31)25(20-11-6-5-7-12-20)32-22-16-14-21(15-17-22)28-24(30)18-27(2,3)4/h5-17,25H,18H2,1-4H3,(H,28,30)(H,29,31). The molecule has 0 heterocycles. The second-order valence-corrected chi connectivity index (χ2v) is 10.2. The average molecular weight is 447 g/mol. The van der Waals surface area contributed by atoms with Gasteiger partial charge in [0.15, 0.2) is 0 Å². The summed E-state index contributed by atoms with van der Waals surface area (Å²) < 4.78 is 0. The average Bonchev–Trinajstić information content (AvgIpc) is 2.74. The number of anilines is 2. The first kappa shape index (κ1) is 23.6. The number of rotatable bonds is 7. The Morgan fingerprint density at radius 3 is 2.09 bits per heavy atom. The van der Waals surface area contributed by atoms with Gasteiger partial charge < -0.3 is 10.6 Å². The van der Waals surface area contributed by atoms with E-state index in [1.807, 2.05) is 107 Å². The van der Waals surface area contributed by atoms with Crippen molar-refractivity contribution in [1.82, 2.24) is 0 Å². The molecule has 1 unspecified atom stereocenters. The van der Waals surface area contributed by atoms with Crippen molar-refractivity contribution in [3.63, 3.8) is 0 Å². The highest BCUT2D eigenvalue weighted by Gasteiger charge is 2.23. The Morgan fingerprint density at radius 1 is 0.844 bits per heavy atom. The summed E-state index contributed by atoms with van der Waals surface area (Å²) in [5.41, 5.74) is 3.46. The van der Waals surface area contributed by atoms with Gasteiger partial charge in [-0.2, -0.15) is 0 Å². The summed E-state index contributed by atoms with van der Waals surface area (Å²) in [4.78, 5) is 26.4. The number of hydrogen-bond donors (Lipinski definition) is 2. The lowest BCUT2D eigenvalue weighted by Crippen LogP contribution is -2.20. The van der Waals surface area contributed by atoms with E-state index in [0.717, 1.165) is 27.4 Å². The minimum absolute atomic E-state index is 0.00215. The molecule has 0 bridgehead atoms. The van der Waals surface area contributed by atoms with Crippen molar-refractivity contribution in [2.45, 2.75) is 44.3 Å². The second-order valence-electron chi connectivity index (χ2n) is 9.02. The molecule has 0 radical (unpaired) electrons. The number of amides is 2. The van der Waals surface area contributed by atoms with Gasteiger partial charge in [-0.3, -0.25) is 9.59 Å². The molecular weight excluding hydrogens is 416 g/mol. The Balaban J connectivity index is 1.74. The quantitative estimate of drug-likeness (QED) is 0.391. The highest BCUT2D eigenvalue weighted by atomic mass is 32.2. The maximum absolute atomic E-state index is 13.2. The number of carbonyl (C=O) groups is 2. The van der Waals surface area contributed by atoms with Gasteiger partial charge in [0.25, 0.3) is 0 Å². The lowest BCUT2D eigenvalue weighted by Gasteiger charge is -2.19. The molecule has 0 spiro atoms. The number of para-hydroxylation sites is 1. The smallest absolute Gasteiger partial charge is 0.242 e. The van der Waals surface area contributed by atoms with Gasteiger partial charge in [-0.05, 0) is 53.8 Å². The van der Waals surface area contributed by atoms with Crippen molar-refractivity contribution in [2.24, 2.45) is 5.41 Å². The van der Waals surface area contributed by atoms with E-state index in [-0.39, 0.29) is 17.2 Å². The zero-order valence-electron chi connectivity index (χ0n) is 19.0. The van der Waals surface area contributed by atoms with Crippen LogP contribution in [0.15, 0.2) is 83.8 Å². The third-order valence-electron chi connectivity index (χ3n) is 4.83. The van der Waals surface area contributed by atoms with Gasteiger partial charge in [0.1, 0.15) is 5.25 Å². The number of nitrogens with one attached hydrogen (secondary N) is 2. The van der Waals surface area contributed by atoms with E-state index in [1.165, 1.54) is 11.8 Å². The van der Waals surface area contributed by atoms with Crippen molar-refractivity contribution >= 4 is 35.0 Å². The van der Waals surface area contributed by atoms with Gasteiger partial charge in [0.2, 0.25) is 11.8 Å². The number of hydrogen-bond acceptors (Lipinski definition) is 3. The molecule has 4 nitrogen and oxygen atoms in total. The van der Waals surface area contributed by atoms with E-state index in [2.05, 4.69) is 10.6 Å². The maximum Gasteiger partial charge on any atom is 0.242 e. The summed E-state index contributed by atoms with van der Waals surface area (Å²) in [7, 11) is 0. The normalized spacial score (nSPS) is 12.1. The second kappa shape index (κ2) is 10.5. The van der Waals surface area contributed by atoms with Gasteiger partial charge >= 0.3 is 0 Å². The van der Waals surface area contributed by atoms with Gasteiger partial charge in [0.05, 0.1) is 0 Å². The van der Waals surface area contributed by atoms with Crippen molar-refractivity contribution in [2.75, 3.05) is 10.6 Å². The molecule has 2 amide bonds. The van der Waals surface area contributed by atoms with Gasteiger partial charge in [-0.25, -0.2) is 0 Å². The molecule has 0 aliphatic heterocycles.